The summed E-state index contributed by atoms with van der Waals surface area (Å²) in [6, 6.07) is 10.0. The molecule has 110 valence electrons. The highest BCUT2D eigenvalue weighted by Crippen LogP contribution is 2.40. The largest absolute Gasteiger partial charge is 0.358 e. The normalized spacial score (nSPS) is 15.7. The molecular formula is C15H18N4OS. The smallest absolute Gasteiger partial charge is 0.233 e. The number of nitrogens with one attached hydrogen (secondary N) is 1. The monoisotopic (exact) mass is 302 g/mol. The number of benzene rings is 1. The summed E-state index contributed by atoms with van der Waals surface area (Å²) in [5, 5.41) is 7.70. The lowest BCUT2D eigenvalue weighted by molar-refractivity contribution is -0.119. The van der Waals surface area contributed by atoms with Crippen molar-refractivity contribution >= 4 is 17.7 Å². The van der Waals surface area contributed by atoms with Crippen LogP contribution in [0.2, 0.25) is 0 Å². The Hall–Kier alpha value is -1.82. The topological polar surface area (TPSA) is 59.8 Å². The second-order valence-corrected chi connectivity index (χ2v) is 6.46. The third-order valence-corrected chi connectivity index (χ3v) is 4.41. The zero-order valence-corrected chi connectivity index (χ0v) is 12.9. The molecule has 1 saturated carbocycles. The molecule has 6 heteroatoms. The van der Waals surface area contributed by atoms with Crippen molar-refractivity contribution in [2.45, 2.75) is 36.1 Å². The Balaban J connectivity index is 1.88. The molecule has 1 aliphatic carbocycles. The van der Waals surface area contributed by atoms with Crippen molar-refractivity contribution < 1.29 is 4.79 Å². The van der Waals surface area contributed by atoms with Crippen LogP contribution in [0.15, 0.2) is 35.5 Å². The first-order valence-corrected chi connectivity index (χ1v) is 7.97. The molecule has 1 amide bonds. The molecule has 1 fully saturated rings. The number of hydrogen-bond donors (Lipinski definition) is 1. The minimum Gasteiger partial charge on any atom is -0.358 e. The molecular weight excluding hydrogens is 284 g/mol. The zero-order valence-electron chi connectivity index (χ0n) is 12.1. The van der Waals surface area contributed by atoms with E-state index in [0.717, 1.165) is 11.5 Å². The van der Waals surface area contributed by atoms with E-state index in [1.165, 1.54) is 24.6 Å². The molecule has 0 radical (unpaired) electrons. The summed E-state index contributed by atoms with van der Waals surface area (Å²) in [5.74, 6) is 1.50. The van der Waals surface area contributed by atoms with Crippen molar-refractivity contribution in [2.24, 2.45) is 0 Å². The molecule has 0 spiro atoms. The van der Waals surface area contributed by atoms with Gasteiger partial charge in [0.25, 0.3) is 0 Å². The van der Waals surface area contributed by atoms with Gasteiger partial charge in [-0.05, 0) is 31.9 Å². The van der Waals surface area contributed by atoms with E-state index in [-0.39, 0.29) is 11.2 Å². The van der Waals surface area contributed by atoms with E-state index in [4.69, 9.17) is 0 Å². The number of thioether (sulfide) groups is 1. The second-order valence-electron chi connectivity index (χ2n) is 5.15. The van der Waals surface area contributed by atoms with Gasteiger partial charge in [0, 0.05) is 13.0 Å². The summed E-state index contributed by atoms with van der Waals surface area (Å²) in [7, 11) is 1.64. The highest BCUT2D eigenvalue weighted by Gasteiger charge is 2.31. The van der Waals surface area contributed by atoms with Crippen molar-refractivity contribution in [3.63, 3.8) is 0 Å². The fraction of sp³-hybridized carbons (Fsp3) is 0.400. The predicted molar refractivity (Wildman–Crippen MR) is 82.7 cm³/mol. The molecule has 21 heavy (non-hydrogen) atoms. The minimum atomic E-state index is -0.200. The van der Waals surface area contributed by atoms with Gasteiger partial charge in [-0.1, -0.05) is 30.0 Å². The van der Waals surface area contributed by atoms with Gasteiger partial charge in [-0.15, -0.1) is 5.10 Å². The Labute approximate surface area is 128 Å². The molecule has 0 saturated heterocycles. The number of nitrogens with zero attached hydrogens (tertiary/aromatic N) is 3. The molecule has 1 aromatic heterocycles. The first kappa shape index (κ1) is 14.1. The van der Waals surface area contributed by atoms with Crippen molar-refractivity contribution in [1.29, 1.82) is 0 Å². The first-order valence-electron chi connectivity index (χ1n) is 7.09. The Morgan fingerprint density at radius 3 is 2.71 bits per heavy atom. The summed E-state index contributed by atoms with van der Waals surface area (Å²) in [6.07, 6.45) is 2.33. The number of aromatic nitrogens is 3. The molecule has 0 bridgehead atoms. The lowest BCUT2D eigenvalue weighted by Gasteiger charge is -2.05. The van der Waals surface area contributed by atoms with E-state index in [0.29, 0.717) is 11.1 Å². The van der Waals surface area contributed by atoms with Crippen LogP contribution < -0.4 is 5.32 Å². The maximum atomic E-state index is 11.6. The van der Waals surface area contributed by atoms with Crippen LogP contribution in [0, 0.1) is 0 Å². The Morgan fingerprint density at radius 2 is 2.10 bits per heavy atom. The summed E-state index contributed by atoms with van der Waals surface area (Å²) in [6.45, 7) is 1.86. The van der Waals surface area contributed by atoms with Gasteiger partial charge in [-0.3, -0.25) is 4.79 Å². The second kappa shape index (κ2) is 5.89. The Morgan fingerprint density at radius 1 is 1.38 bits per heavy atom. The molecule has 0 unspecified atom stereocenters. The lowest BCUT2D eigenvalue weighted by atomic mass is 10.3. The number of carbonyl (C=O) groups excluding carboxylic acids is 1. The van der Waals surface area contributed by atoms with Gasteiger partial charge < -0.3 is 5.32 Å². The zero-order chi connectivity index (χ0) is 14.8. The van der Waals surface area contributed by atoms with Crippen molar-refractivity contribution in [3.05, 3.63) is 36.2 Å². The van der Waals surface area contributed by atoms with Crippen LogP contribution in [0.25, 0.3) is 5.69 Å². The van der Waals surface area contributed by atoms with Gasteiger partial charge >= 0.3 is 0 Å². The van der Waals surface area contributed by atoms with Gasteiger partial charge in [0.15, 0.2) is 0 Å². The van der Waals surface area contributed by atoms with Gasteiger partial charge in [0.05, 0.1) is 10.9 Å². The maximum absolute atomic E-state index is 11.6. The fourth-order valence-electron chi connectivity index (χ4n) is 2.13. The maximum Gasteiger partial charge on any atom is 0.233 e. The van der Waals surface area contributed by atoms with E-state index < -0.39 is 0 Å². The van der Waals surface area contributed by atoms with Crippen LogP contribution in [-0.4, -0.2) is 33.0 Å². The van der Waals surface area contributed by atoms with Crippen molar-refractivity contribution in [3.8, 4) is 5.69 Å². The average Bonchev–Trinajstić information content (AvgIpc) is 3.28. The number of para-hydroxylation sites is 1. The Kier molecular flexibility index (Phi) is 3.96. The molecule has 1 atom stereocenters. The number of amides is 1. The molecule has 2 aromatic rings. The molecule has 1 aromatic carbocycles. The van der Waals surface area contributed by atoms with Crippen LogP contribution in [-0.2, 0) is 4.79 Å². The summed E-state index contributed by atoms with van der Waals surface area (Å²) >= 11 is 1.40. The van der Waals surface area contributed by atoms with E-state index in [2.05, 4.69) is 15.4 Å². The SMILES string of the molecule is CNC(=O)[C@H](C)Sc1nc(C2CC2)n(-c2ccccc2)n1. The van der Waals surface area contributed by atoms with Crippen LogP contribution in [0.4, 0.5) is 0 Å². The third kappa shape index (κ3) is 3.10. The number of carbonyl (C=O) groups is 1. The number of hydrogen-bond acceptors (Lipinski definition) is 4. The van der Waals surface area contributed by atoms with Crippen LogP contribution >= 0.6 is 11.8 Å². The molecule has 0 aliphatic heterocycles. The lowest BCUT2D eigenvalue weighted by Crippen LogP contribution is -2.27. The van der Waals surface area contributed by atoms with E-state index >= 15 is 0 Å². The van der Waals surface area contributed by atoms with Crippen LogP contribution in [0.1, 0.15) is 31.5 Å². The quantitative estimate of drug-likeness (QED) is 0.862. The van der Waals surface area contributed by atoms with Crippen LogP contribution in [0.5, 0.6) is 0 Å². The fourth-order valence-corrected chi connectivity index (χ4v) is 2.95. The molecule has 1 aliphatic rings. The van der Waals surface area contributed by atoms with E-state index in [9.17, 15) is 4.79 Å². The first-order chi connectivity index (χ1) is 10.2. The molecule has 3 rings (SSSR count). The average molecular weight is 302 g/mol. The predicted octanol–water partition coefficient (Wildman–Crippen LogP) is 2.37. The molecule has 5 nitrogen and oxygen atoms in total. The van der Waals surface area contributed by atoms with Crippen LogP contribution in [0.3, 0.4) is 0 Å². The van der Waals surface area contributed by atoms with Gasteiger partial charge in [0.1, 0.15) is 5.82 Å². The number of rotatable bonds is 5. The van der Waals surface area contributed by atoms with Gasteiger partial charge in [0.2, 0.25) is 11.1 Å². The summed E-state index contributed by atoms with van der Waals surface area (Å²) in [4.78, 5) is 16.3. The summed E-state index contributed by atoms with van der Waals surface area (Å²) in [5.41, 5.74) is 1.02. The molecule has 1 heterocycles. The molecule has 1 N–H and O–H groups in total. The van der Waals surface area contributed by atoms with Crippen molar-refractivity contribution in [1.82, 2.24) is 20.1 Å². The highest BCUT2D eigenvalue weighted by atomic mass is 32.2. The van der Waals surface area contributed by atoms with E-state index in [1.54, 1.807) is 7.05 Å². The highest BCUT2D eigenvalue weighted by molar-refractivity contribution is 8.00. The Bertz CT molecular complexity index is 636. The standard InChI is InChI=1S/C15H18N4OS/c1-10(14(20)16-2)21-15-17-13(11-8-9-11)19(18-15)12-6-4-3-5-7-12/h3-7,10-11H,8-9H2,1-2H3,(H,16,20)/t10-/m0/s1. The van der Waals surface area contributed by atoms with Crippen molar-refractivity contribution in [2.75, 3.05) is 7.05 Å². The summed E-state index contributed by atoms with van der Waals surface area (Å²) < 4.78 is 1.91. The van der Waals surface area contributed by atoms with Gasteiger partial charge in [-0.2, -0.15) is 0 Å². The van der Waals surface area contributed by atoms with Gasteiger partial charge in [-0.25, -0.2) is 9.67 Å². The third-order valence-electron chi connectivity index (χ3n) is 3.45. The van der Waals surface area contributed by atoms with E-state index in [1.807, 2.05) is 41.9 Å². The minimum absolute atomic E-state index is 0.0102.